The van der Waals surface area contributed by atoms with Gasteiger partial charge in [0.15, 0.2) is 0 Å². The van der Waals surface area contributed by atoms with Crippen LogP contribution in [-0.2, 0) is 19.1 Å². The van der Waals surface area contributed by atoms with Crippen molar-refractivity contribution in [3.05, 3.63) is 10.1 Å². The number of hydrogen-bond acceptors (Lipinski definition) is 9. The molecule has 2 heterocycles. The lowest BCUT2D eigenvalue weighted by atomic mass is 9.86. The number of ether oxygens (including phenoxy) is 2. The molecule has 0 spiro atoms. The van der Waals surface area contributed by atoms with Crippen LogP contribution < -0.4 is 5.73 Å². The predicted octanol–water partition coefficient (Wildman–Crippen LogP) is -2.28. The third-order valence-electron chi connectivity index (χ3n) is 3.60. The van der Waals surface area contributed by atoms with E-state index in [0.717, 1.165) is 0 Å². The van der Waals surface area contributed by atoms with Gasteiger partial charge in [-0.2, -0.15) is 0 Å². The normalized spacial score (nSPS) is 37.5. The Morgan fingerprint density at radius 1 is 1.60 bits per heavy atom. The molecule has 2 aliphatic rings. The quantitative estimate of drug-likeness (QED) is 0.375. The molecule has 4 N–H and O–H groups in total. The Kier molecular flexibility index (Phi) is 4.20. The Hall–Kier alpha value is -1.33. The molecule has 2 rings (SSSR count). The summed E-state index contributed by atoms with van der Waals surface area (Å²) in [7, 11) is 0. The second-order valence-electron chi connectivity index (χ2n) is 4.92. The van der Waals surface area contributed by atoms with Crippen molar-refractivity contribution in [3.63, 3.8) is 0 Å². The highest BCUT2D eigenvalue weighted by atomic mass is 17.0. The number of nitrogens with two attached hydrogens (primary N) is 1. The standard InChI is InChI=1S/C10H16N2O8/c11-6(1-2-7(14)20-12(16)17)10(15)4-19-8-5(13)3-18-9(8)10/h5-6,8-9,13,15H,1-4,11H2/t5-,6?,8+,9-,10+/m0/s1. The first-order valence-electron chi connectivity index (χ1n) is 6.09. The van der Waals surface area contributed by atoms with Gasteiger partial charge in [0.05, 0.1) is 13.2 Å². The SMILES string of the molecule is NC(CCC(=O)O[N+](=O)[O-])[C@]1(O)CO[C@@H]2[C@@H](O)CO[C@@H]21. The van der Waals surface area contributed by atoms with Crippen LogP contribution in [-0.4, -0.2) is 64.4 Å². The summed E-state index contributed by atoms with van der Waals surface area (Å²) in [6.07, 6.45) is -2.61. The molecule has 5 atom stereocenters. The van der Waals surface area contributed by atoms with Gasteiger partial charge in [0.2, 0.25) is 0 Å². The molecule has 10 heteroatoms. The first-order chi connectivity index (χ1) is 9.34. The zero-order valence-electron chi connectivity index (χ0n) is 10.5. The molecule has 2 fully saturated rings. The van der Waals surface area contributed by atoms with Crippen LogP contribution in [0.1, 0.15) is 12.8 Å². The van der Waals surface area contributed by atoms with E-state index < -0.39 is 41.0 Å². The smallest absolute Gasteiger partial charge is 0.303 e. The first-order valence-corrected chi connectivity index (χ1v) is 6.09. The van der Waals surface area contributed by atoms with E-state index in [9.17, 15) is 25.1 Å². The minimum Gasteiger partial charge on any atom is -0.388 e. The molecule has 0 radical (unpaired) electrons. The van der Waals surface area contributed by atoms with Crippen LogP contribution >= 0.6 is 0 Å². The van der Waals surface area contributed by atoms with E-state index in [1.807, 2.05) is 0 Å². The average molecular weight is 292 g/mol. The molecule has 0 aliphatic carbocycles. The Morgan fingerprint density at radius 2 is 2.30 bits per heavy atom. The molecular formula is C10H16N2O8. The molecule has 0 aromatic carbocycles. The van der Waals surface area contributed by atoms with Gasteiger partial charge in [0.25, 0.3) is 0 Å². The van der Waals surface area contributed by atoms with E-state index >= 15 is 0 Å². The van der Waals surface area contributed by atoms with Gasteiger partial charge < -0.3 is 25.4 Å². The second kappa shape index (κ2) is 5.58. The summed E-state index contributed by atoms with van der Waals surface area (Å²) in [5, 5.41) is 28.8. The lowest BCUT2D eigenvalue weighted by Crippen LogP contribution is -2.57. The summed E-state index contributed by atoms with van der Waals surface area (Å²) in [5.74, 6) is -1.04. The molecule has 1 unspecified atom stereocenters. The highest BCUT2D eigenvalue weighted by Gasteiger charge is 2.58. The monoisotopic (exact) mass is 292 g/mol. The lowest BCUT2D eigenvalue weighted by Gasteiger charge is -2.32. The minimum atomic E-state index is -1.54. The van der Waals surface area contributed by atoms with Crippen molar-refractivity contribution in [1.29, 1.82) is 0 Å². The zero-order chi connectivity index (χ0) is 14.9. The number of hydrogen-bond donors (Lipinski definition) is 3. The largest absolute Gasteiger partial charge is 0.388 e. The summed E-state index contributed by atoms with van der Waals surface area (Å²) in [5.41, 5.74) is 4.28. The van der Waals surface area contributed by atoms with E-state index in [0.29, 0.717) is 0 Å². The van der Waals surface area contributed by atoms with Crippen molar-refractivity contribution in [2.24, 2.45) is 5.73 Å². The van der Waals surface area contributed by atoms with Crippen LogP contribution in [0.2, 0.25) is 0 Å². The van der Waals surface area contributed by atoms with E-state index in [1.54, 1.807) is 0 Å². The van der Waals surface area contributed by atoms with Gasteiger partial charge in [-0.05, 0) is 6.42 Å². The Balaban J connectivity index is 1.90. The fraction of sp³-hybridized carbons (Fsp3) is 0.900. The molecule has 0 bridgehead atoms. The van der Waals surface area contributed by atoms with Gasteiger partial charge in [-0.15, -0.1) is 10.1 Å². The molecule has 0 amide bonds. The van der Waals surface area contributed by atoms with Crippen LogP contribution in [0.4, 0.5) is 0 Å². The molecule has 10 nitrogen and oxygen atoms in total. The molecule has 0 aromatic heterocycles. The topological polar surface area (TPSA) is 154 Å². The maximum Gasteiger partial charge on any atom is 0.303 e. The van der Waals surface area contributed by atoms with Crippen LogP contribution in [0.5, 0.6) is 0 Å². The number of carbonyl (C=O) groups excluding carboxylic acids is 1. The molecule has 20 heavy (non-hydrogen) atoms. The lowest BCUT2D eigenvalue weighted by molar-refractivity contribution is -0.729. The summed E-state index contributed by atoms with van der Waals surface area (Å²) < 4.78 is 10.5. The number of carbonyl (C=O) groups is 1. The minimum absolute atomic E-state index is 0.0325. The fourth-order valence-corrected chi connectivity index (χ4v) is 2.50. The molecule has 0 aromatic rings. The van der Waals surface area contributed by atoms with Crippen molar-refractivity contribution in [3.8, 4) is 0 Å². The van der Waals surface area contributed by atoms with Crippen molar-refractivity contribution in [2.75, 3.05) is 13.2 Å². The number of rotatable bonds is 5. The summed E-state index contributed by atoms with van der Waals surface area (Å²) in [6.45, 7) is -0.0986. The van der Waals surface area contributed by atoms with Gasteiger partial charge in [-0.25, -0.2) is 4.84 Å². The summed E-state index contributed by atoms with van der Waals surface area (Å²) in [4.78, 5) is 24.8. The average Bonchev–Trinajstić information content (AvgIpc) is 2.89. The van der Waals surface area contributed by atoms with Gasteiger partial charge in [0.1, 0.15) is 23.9 Å². The fourth-order valence-electron chi connectivity index (χ4n) is 2.50. The van der Waals surface area contributed by atoms with E-state index in [1.165, 1.54) is 0 Å². The van der Waals surface area contributed by atoms with Crippen LogP contribution in [0.15, 0.2) is 0 Å². The van der Waals surface area contributed by atoms with Crippen LogP contribution in [0, 0.1) is 10.1 Å². The maximum absolute atomic E-state index is 11.1. The molecular weight excluding hydrogens is 276 g/mol. The number of nitrogens with zero attached hydrogens (tertiary/aromatic N) is 1. The van der Waals surface area contributed by atoms with E-state index in [2.05, 4.69) is 4.84 Å². The van der Waals surface area contributed by atoms with Crippen molar-refractivity contribution >= 4 is 5.97 Å². The number of aliphatic hydroxyl groups is 2. The summed E-state index contributed by atoms with van der Waals surface area (Å²) in [6, 6.07) is -0.901. The van der Waals surface area contributed by atoms with Crippen molar-refractivity contribution in [2.45, 2.75) is 42.8 Å². The molecule has 114 valence electrons. The second-order valence-corrected chi connectivity index (χ2v) is 4.92. The van der Waals surface area contributed by atoms with Gasteiger partial charge >= 0.3 is 11.1 Å². The molecule has 2 aliphatic heterocycles. The first kappa shape index (κ1) is 15.1. The van der Waals surface area contributed by atoms with E-state index in [-0.39, 0.29) is 26.1 Å². The Morgan fingerprint density at radius 3 is 2.95 bits per heavy atom. The van der Waals surface area contributed by atoms with Crippen LogP contribution in [0.25, 0.3) is 0 Å². The van der Waals surface area contributed by atoms with E-state index in [4.69, 9.17) is 15.2 Å². The summed E-state index contributed by atoms with van der Waals surface area (Å²) >= 11 is 0. The Labute approximate surface area is 113 Å². The molecule has 2 saturated heterocycles. The maximum atomic E-state index is 11.1. The van der Waals surface area contributed by atoms with Gasteiger partial charge in [-0.3, -0.25) is 4.79 Å². The molecule has 0 saturated carbocycles. The zero-order valence-corrected chi connectivity index (χ0v) is 10.5. The van der Waals surface area contributed by atoms with Gasteiger partial charge in [0, 0.05) is 12.5 Å². The highest BCUT2D eigenvalue weighted by molar-refractivity contribution is 5.68. The highest BCUT2D eigenvalue weighted by Crippen LogP contribution is 2.36. The third-order valence-corrected chi connectivity index (χ3v) is 3.60. The Bertz CT molecular complexity index is 405. The number of fused-ring (bicyclic) bond motifs is 1. The number of aliphatic hydroxyl groups excluding tert-OH is 1. The predicted molar refractivity (Wildman–Crippen MR) is 60.7 cm³/mol. The van der Waals surface area contributed by atoms with Crippen molar-refractivity contribution < 1.29 is 34.4 Å². The van der Waals surface area contributed by atoms with Gasteiger partial charge in [-0.1, -0.05) is 0 Å². The van der Waals surface area contributed by atoms with Crippen molar-refractivity contribution in [1.82, 2.24) is 0 Å². The third kappa shape index (κ3) is 2.74. The van der Waals surface area contributed by atoms with Crippen LogP contribution in [0.3, 0.4) is 0 Å².